The van der Waals surface area contributed by atoms with Crippen LogP contribution in [0.2, 0.25) is 0 Å². The Morgan fingerprint density at radius 2 is 0.717 bits per heavy atom. The number of fused-ring (bicyclic) bond motifs is 8. The number of nitrogens with zero attached hydrogens (tertiary/aromatic N) is 6. The number of hydrogen-bond donors (Lipinski definition) is 2. The Morgan fingerprint density at radius 1 is 0.406 bits per heavy atom. The van der Waals surface area contributed by atoms with Crippen molar-refractivity contribution in [3.8, 4) is 0 Å². The van der Waals surface area contributed by atoms with E-state index in [0.29, 0.717) is 95.7 Å². The zero-order valence-electron chi connectivity index (χ0n) is 67.3. The van der Waals surface area contributed by atoms with E-state index in [9.17, 15) is 28.8 Å². The number of hydrogen-bond acceptors (Lipinski definition) is 16. The number of carbonyl (C=O) groups is 6. The molecule has 8 aromatic rings. The molecule has 0 aliphatic heterocycles. The third-order valence-electron chi connectivity index (χ3n) is 21.2. The smallest absolute Gasteiger partial charge is 0.419 e. The highest BCUT2D eigenvalue weighted by molar-refractivity contribution is 9.11. The van der Waals surface area contributed by atoms with Crippen LogP contribution in [0.5, 0.6) is 0 Å². The van der Waals surface area contributed by atoms with Gasteiger partial charge in [-0.2, -0.15) is 0 Å². The van der Waals surface area contributed by atoms with Gasteiger partial charge in [0.25, 0.3) is 0 Å². The number of pyridine rings is 4. The van der Waals surface area contributed by atoms with Gasteiger partial charge in [0.1, 0.15) is 39.3 Å². The van der Waals surface area contributed by atoms with Gasteiger partial charge in [0.2, 0.25) is 0 Å². The second-order valence-electron chi connectivity index (χ2n) is 35.2. The highest BCUT2D eigenvalue weighted by atomic mass is 79.9. The number of aromatic amines is 2. The molecular weight excluding hydrogens is 1470 g/mol. The van der Waals surface area contributed by atoms with Crippen LogP contribution in [-0.4, -0.2) is 113 Å². The van der Waals surface area contributed by atoms with E-state index in [1.165, 1.54) is 38.8 Å². The van der Waals surface area contributed by atoms with E-state index in [4.69, 9.17) is 48.4 Å². The maximum atomic E-state index is 13.1. The van der Waals surface area contributed by atoms with Crippen LogP contribution >= 0.6 is 31.9 Å². The van der Waals surface area contributed by atoms with Crippen LogP contribution in [0.15, 0.2) is 33.2 Å². The number of aryl methyl sites for hydroxylation is 6. The Labute approximate surface area is 642 Å². The summed E-state index contributed by atoms with van der Waals surface area (Å²) in [6.45, 7) is 50.2. The van der Waals surface area contributed by atoms with E-state index >= 15 is 0 Å². The molecular formula is C84H114Br2N8O12. The summed E-state index contributed by atoms with van der Waals surface area (Å²) in [5.41, 5.74) is 17.8. The molecule has 8 aromatic heterocycles. The van der Waals surface area contributed by atoms with Gasteiger partial charge in [-0.3, -0.25) is 9.97 Å². The second kappa shape index (κ2) is 32.0. The number of carbonyl (C=O) groups excluding carboxylic acids is 6. The van der Waals surface area contributed by atoms with Gasteiger partial charge in [-0.05, 0) is 284 Å². The molecule has 8 heterocycles. The van der Waals surface area contributed by atoms with Crippen LogP contribution in [0, 0.1) is 59.2 Å². The van der Waals surface area contributed by atoms with E-state index in [2.05, 4.69) is 137 Å². The minimum absolute atomic E-state index is 0.114. The van der Waals surface area contributed by atoms with Crippen molar-refractivity contribution in [1.82, 2.24) is 39.0 Å². The Morgan fingerprint density at radius 3 is 1.10 bits per heavy atom. The molecule has 20 nitrogen and oxygen atoms in total. The fourth-order valence-electron chi connectivity index (χ4n) is 15.0. The van der Waals surface area contributed by atoms with E-state index < -0.39 is 35.3 Å². The first-order chi connectivity index (χ1) is 49.3. The zero-order chi connectivity index (χ0) is 78.4. The first-order valence-corrected chi connectivity index (χ1v) is 39.5. The summed E-state index contributed by atoms with van der Waals surface area (Å²) in [6.07, 6.45) is 11.0. The predicted molar refractivity (Wildman–Crippen MR) is 423 cm³/mol. The third kappa shape index (κ3) is 18.5. The number of aromatic nitrogens is 8. The van der Waals surface area contributed by atoms with Crippen molar-refractivity contribution in [3.05, 3.63) is 112 Å². The van der Waals surface area contributed by atoms with Crippen LogP contribution in [0.4, 0.5) is 9.59 Å². The van der Waals surface area contributed by atoms with Crippen LogP contribution in [0.25, 0.3) is 44.1 Å². The van der Waals surface area contributed by atoms with Crippen LogP contribution in [-0.2, 0) is 79.8 Å². The van der Waals surface area contributed by atoms with Gasteiger partial charge in [0, 0.05) is 33.9 Å². The first kappa shape index (κ1) is 82.6. The standard InChI is InChI=1S/C24H34N2O4.C23H31BrN2O4.C19H26N2O2.C18H23BrN2O2/c1-9-29-21(27)20-14(2)19-18(26(20)22(28)30-24(6,7)8)13-15-12-16(23(3,4)5)10-11-17(15)25-19;1-8-29-20(27)19-17(24)18-16(26(19)21(28)30-23(5,6)7)12-13-11-14(22(2,3)4)9-10-15(13)25-18;1-6-23-18(22)17-11(2)16-15(21-17)10-12-9-13(19(3,4)5)7-8-14(12)20-16;1-5-23-17(22)16-14(19)15-13(21-16)9-10-8-11(18(2,3)4)6-7-12(10)20-15/h13,16H,9-12H2,1-8H3;12,14H,8-11H2,1-7H3;10,13,21H,6-9H2,1-5H3;9,11,21H,5-8H2,1-4H3. The van der Waals surface area contributed by atoms with Crippen molar-refractivity contribution < 1.29 is 57.2 Å². The predicted octanol–water partition coefficient (Wildman–Crippen LogP) is 20.2. The minimum atomic E-state index is -0.703. The molecule has 2 N–H and O–H groups in total. The van der Waals surface area contributed by atoms with Gasteiger partial charge in [0.05, 0.1) is 68.5 Å². The maximum absolute atomic E-state index is 13.1. The Bertz CT molecular complexity index is 4370. The molecule has 4 aliphatic carbocycles. The van der Waals surface area contributed by atoms with Crippen molar-refractivity contribution in [2.45, 2.75) is 254 Å². The first-order valence-electron chi connectivity index (χ1n) is 37.9. The summed E-state index contributed by atoms with van der Waals surface area (Å²) in [6, 6.07) is 8.36. The van der Waals surface area contributed by atoms with Gasteiger partial charge in [-0.1, -0.05) is 83.1 Å². The van der Waals surface area contributed by atoms with E-state index in [1.807, 2.05) is 53.7 Å². The molecule has 4 atom stereocenters. The SMILES string of the molecule is CCOC(=O)c1[nH]c2cc3c(nc2c1Br)CCC(C(C)(C)C)C3.CCOC(=O)c1[nH]c2cc3c(nc2c1C)CCC(C(C)(C)C)C3.CCOC(=O)c1c(Br)c2nc3c(cc2n1C(=O)OC(C)(C)C)CC(C(C)(C)C)CC3.CCOC(=O)c1c(C)c2nc3c(cc2n1C(=O)OC(C)(C)C)CC(C(C)(C)C)CC3. The molecule has 22 heteroatoms. The fourth-order valence-corrected chi connectivity index (χ4v) is 16.2. The molecule has 0 spiro atoms. The lowest BCUT2D eigenvalue weighted by Gasteiger charge is -2.34. The van der Waals surface area contributed by atoms with Crippen LogP contribution in [0.3, 0.4) is 0 Å². The second-order valence-corrected chi connectivity index (χ2v) is 36.8. The number of halogens is 2. The molecule has 0 saturated carbocycles. The molecule has 0 amide bonds. The topological polar surface area (TPSA) is 251 Å². The lowest BCUT2D eigenvalue weighted by molar-refractivity contribution is 0.0452. The molecule has 576 valence electrons. The fraction of sp³-hybridized carbons (Fsp3) is 0.595. The number of ether oxygens (including phenoxy) is 6. The summed E-state index contributed by atoms with van der Waals surface area (Å²) < 4.78 is 35.7. The maximum Gasteiger partial charge on any atom is 0.419 e. The quantitative estimate of drug-likeness (QED) is 0.106. The van der Waals surface area contributed by atoms with E-state index in [1.54, 1.807) is 41.5 Å². The van der Waals surface area contributed by atoms with Crippen molar-refractivity contribution in [2.75, 3.05) is 26.4 Å². The number of rotatable bonds is 8. The van der Waals surface area contributed by atoms with Gasteiger partial charge < -0.3 is 38.4 Å². The molecule has 0 radical (unpaired) electrons. The van der Waals surface area contributed by atoms with Crippen LogP contribution in [0.1, 0.15) is 276 Å². The Hall–Kier alpha value is -7.46. The molecule has 0 aromatic carbocycles. The normalized spacial score (nSPS) is 17.5. The number of nitrogens with one attached hydrogen (secondary N) is 2. The van der Waals surface area contributed by atoms with E-state index in [0.717, 1.165) is 120 Å². The molecule has 4 unspecified atom stereocenters. The monoisotopic (exact) mass is 1580 g/mol. The van der Waals surface area contributed by atoms with Gasteiger partial charge in [-0.25, -0.2) is 47.9 Å². The van der Waals surface area contributed by atoms with Gasteiger partial charge in [-0.15, -0.1) is 0 Å². The average molecular weight is 1590 g/mol. The largest absolute Gasteiger partial charge is 0.461 e. The summed E-state index contributed by atoms with van der Waals surface area (Å²) in [5, 5.41) is 0. The molecule has 4 aliphatic rings. The lowest BCUT2D eigenvalue weighted by atomic mass is 9.71. The average Bonchev–Trinajstić information content (AvgIpc) is 1.60. The highest BCUT2D eigenvalue weighted by Gasteiger charge is 2.38. The number of esters is 4. The Balaban J connectivity index is 0.000000165. The summed E-state index contributed by atoms with van der Waals surface area (Å²) in [7, 11) is 0. The number of H-pyrrole nitrogens is 2. The van der Waals surface area contributed by atoms with Crippen molar-refractivity contribution in [1.29, 1.82) is 0 Å². The minimum Gasteiger partial charge on any atom is -0.461 e. The molecule has 106 heavy (non-hydrogen) atoms. The third-order valence-corrected chi connectivity index (χ3v) is 22.7. The molecule has 0 bridgehead atoms. The highest BCUT2D eigenvalue weighted by Crippen LogP contribution is 2.44. The summed E-state index contributed by atoms with van der Waals surface area (Å²) >= 11 is 7.00. The van der Waals surface area contributed by atoms with Gasteiger partial charge in [0.15, 0.2) is 5.69 Å². The van der Waals surface area contributed by atoms with Crippen LogP contribution < -0.4 is 0 Å². The van der Waals surface area contributed by atoms with Gasteiger partial charge >= 0.3 is 36.1 Å². The van der Waals surface area contributed by atoms with Crippen molar-refractivity contribution >= 4 is 112 Å². The molecule has 12 rings (SSSR count). The molecule has 0 fully saturated rings. The summed E-state index contributed by atoms with van der Waals surface area (Å²) in [4.78, 5) is 102. The van der Waals surface area contributed by atoms with Crippen molar-refractivity contribution in [3.63, 3.8) is 0 Å². The Kier molecular flexibility index (Phi) is 24.9. The van der Waals surface area contributed by atoms with Crippen molar-refractivity contribution in [2.24, 2.45) is 45.3 Å². The zero-order valence-corrected chi connectivity index (χ0v) is 70.4. The molecule has 0 saturated heterocycles. The summed E-state index contributed by atoms with van der Waals surface area (Å²) in [5.74, 6) is 0.647. The van der Waals surface area contributed by atoms with E-state index in [-0.39, 0.29) is 47.4 Å². The lowest BCUT2D eigenvalue weighted by Crippen LogP contribution is -2.29.